The first-order valence-electron chi connectivity index (χ1n) is 9.42. The molecule has 2 unspecified atom stereocenters. The molecule has 0 bridgehead atoms. The summed E-state index contributed by atoms with van der Waals surface area (Å²) in [6.45, 7) is 24.3. The molecular formula is C22H40O4. The number of Topliss-reactive ketones (excluding diaryl/α,β-unsaturated/α-hetero) is 2. The van der Waals surface area contributed by atoms with Crippen molar-refractivity contribution in [2.24, 2.45) is 10.8 Å². The van der Waals surface area contributed by atoms with Gasteiger partial charge in [0.1, 0.15) is 12.2 Å². The predicted octanol–water partition coefficient (Wildman–Crippen LogP) is 5.14. The fraction of sp³-hybridized carbons (Fsp3) is 0.818. The monoisotopic (exact) mass is 368 g/mol. The van der Waals surface area contributed by atoms with Crippen LogP contribution in [-0.2, 0) is 19.1 Å². The minimum absolute atomic E-state index is 0.00714. The fourth-order valence-corrected chi connectivity index (χ4v) is 2.73. The summed E-state index contributed by atoms with van der Waals surface area (Å²) in [7, 11) is 0. The van der Waals surface area contributed by atoms with Gasteiger partial charge >= 0.3 is 0 Å². The number of carbonyl (C=O) groups is 2. The summed E-state index contributed by atoms with van der Waals surface area (Å²) >= 11 is 0. The van der Waals surface area contributed by atoms with E-state index in [4.69, 9.17) is 9.47 Å². The molecule has 0 spiro atoms. The van der Waals surface area contributed by atoms with E-state index in [9.17, 15) is 9.59 Å². The standard InChI is InChI=1S/C22H40O4/c1-13-14-16(18(24)19(3,4)5)26-22(11,12)21(9,10)17(23)15(2)25-20(6,7)8/h13,15-16H,1,14H2,2-12H3. The lowest BCUT2D eigenvalue weighted by atomic mass is 9.71. The number of hydrogen-bond acceptors (Lipinski definition) is 4. The van der Waals surface area contributed by atoms with Gasteiger partial charge in [-0.15, -0.1) is 6.58 Å². The van der Waals surface area contributed by atoms with E-state index in [-0.39, 0.29) is 11.6 Å². The number of ether oxygens (including phenoxy) is 2. The third-order valence-corrected chi connectivity index (χ3v) is 4.87. The first-order chi connectivity index (χ1) is 11.4. The van der Waals surface area contributed by atoms with E-state index in [0.29, 0.717) is 6.42 Å². The molecule has 26 heavy (non-hydrogen) atoms. The number of hydrogen-bond donors (Lipinski definition) is 0. The minimum atomic E-state index is -0.853. The average molecular weight is 369 g/mol. The summed E-state index contributed by atoms with van der Waals surface area (Å²) in [5, 5.41) is 0. The summed E-state index contributed by atoms with van der Waals surface area (Å²) < 4.78 is 12.1. The van der Waals surface area contributed by atoms with Crippen molar-refractivity contribution in [2.45, 2.75) is 106 Å². The number of carbonyl (C=O) groups excluding carboxylic acids is 2. The first kappa shape index (κ1) is 25.0. The van der Waals surface area contributed by atoms with Crippen LogP contribution in [-0.4, -0.2) is 35.0 Å². The molecule has 0 aromatic heterocycles. The Bertz CT molecular complexity index is 515. The van der Waals surface area contributed by atoms with Crippen LogP contribution < -0.4 is 0 Å². The molecule has 0 heterocycles. The second kappa shape index (κ2) is 8.35. The van der Waals surface area contributed by atoms with Gasteiger partial charge in [0.15, 0.2) is 11.6 Å². The third-order valence-electron chi connectivity index (χ3n) is 4.87. The molecule has 0 N–H and O–H groups in total. The van der Waals surface area contributed by atoms with E-state index in [1.54, 1.807) is 13.0 Å². The number of ketones is 2. The molecule has 4 heteroatoms. The van der Waals surface area contributed by atoms with Crippen molar-refractivity contribution < 1.29 is 19.1 Å². The van der Waals surface area contributed by atoms with Gasteiger partial charge in [0.2, 0.25) is 0 Å². The highest BCUT2D eigenvalue weighted by atomic mass is 16.5. The summed E-state index contributed by atoms with van der Waals surface area (Å²) in [6.07, 6.45) is 0.903. The second-order valence-electron chi connectivity index (χ2n) is 10.1. The second-order valence-corrected chi connectivity index (χ2v) is 10.1. The van der Waals surface area contributed by atoms with Crippen molar-refractivity contribution in [1.29, 1.82) is 0 Å². The summed E-state index contributed by atoms with van der Waals surface area (Å²) in [4.78, 5) is 25.9. The Balaban J connectivity index is 5.56. The highest BCUT2D eigenvalue weighted by molar-refractivity contribution is 5.90. The molecule has 0 saturated heterocycles. The Hall–Kier alpha value is -1.00. The zero-order valence-electron chi connectivity index (χ0n) is 18.8. The fourth-order valence-electron chi connectivity index (χ4n) is 2.73. The van der Waals surface area contributed by atoms with Crippen LogP contribution in [0.2, 0.25) is 0 Å². The van der Waals surface area contributed by atoms with Crippen LogP contribution in [0.25, 0.3) is 0 Å². The van der Waals surface area contributed by atoms with Gasteiger partial charge in [-0.1, -0.05) is 40.7 Å². The van der Waals surface area contributed by atoms with Crippen LogP contribution in [0.3, 0.4) is 0 Å². The maximum Gasteiger partial charge on any atom is 0.169 e. The Kier molecular flexibility index (Phi) is 8.03. The van der Waals surface area contributed by atoms with Gasteiger partial charge in [0, 0.05) is 5.41 Å². The van der Waals surface area contributed by atoms with E-state index in [1.165, 1.54) is 0 Å². The molecular weight excluding hydrogens is 328 g/mol. The Morgan fingerprint density at radius 2 is 1.35 bits per heavy atom. The van der Waals surface area contributed by atoms with Gasteiger partial charge in [0.05, 0.1) is 16.6 Å². The average Bonchev–Trinajstić information content (AvgIpc) is 2.41. The quantitative estimate of drug-likeness (QED) is 0.529. The van der Waals surface area contributed by atoms with Crippen LogP contribution >= 0.6 is 0 Å². The van der Waals surface area contributed by atoms with Crippen LogP contribution in [0.5, 0.6) is 0 Å². The molecule has 0 aromatic rings. The maximum atomic E-state index is 13.1. The molecule has 0 saturated carbocycles. The third kappa shape index (κ3) is 6.62. The molecule has 0 amide bonds. The predicted molar refractivity (Wildman–Crippen MR) is 107 cm³/mol. The molecule has 0 aliphatic carbocycles. The molecule has 152 valence electrons. The van der Waals surface area contributed by atoms with E-state index < -0.39 is 34.2 Å². The molecule has 0 rings (SSSR count). The van der Waals surface area contributed by atoms with Crippen LogP contribution in [0.15, 0.2) is 12.7 Å². The summed E-state index contributed by atoms with van der Waals surface area (Å²) in [5.41, 5.74) is -2.63. The van der Waals surface area contributed by atoms with Crippen molar-refractivity contribution >= 4 is 11.6 Å². The van der Waals surface area contributed by atoms with Gasteiger partial charge in [-0.25, -0.2) is 0 Å². The van der Waals surface area contributed by atoms with Crippen molar-refractivity contribution in [3.05, 3.63) is 12.7 Å². The maximum absolute atomic E-state index is 13.1. The Labute approximate surface area is 160 Å². The van der Waals surface area contributed by atoms with Gasteiger partial charge in [-0.3, -0.25) is 9.59 Å². The van der Waals surface area contributed by atoms with Crippen molar-refractivity contribution in [3.8, 4) is 0 Å². The lowest BCUT2D eigenvalue weighted by Gasteiger charge is -2.44. The van der Waals surface area contributed by atoms with Crippen molar-refractivity contribution in [3.63, 3.8) is 0 Å². The SMILES string of the molecule is C=CCC(OC(C)(C)C(C)(C)C(=O)C(C)OC(C)(C)C)C(=O)C(C)(C)C. The smallest absolute Gasteiger partial charge is 0.169 e. The van der Waals surface area contributed by atoms with E-state index in [2.05, 4.69) is 6.58 Å². The van der Waals surface area contributed by atoms with Gasteiger partial charge in [0.25, 0.3) is 0 Å². The van der Waals surface area contributed by atoms with E-state index >= 15 is 0 Å². The molecule has 0 fully saturated rings. The molecule has 4 nitrogen and oxygen atoms in total. The largest absolute Gasteiger partial charge is 0.365 e. The van der Waals surface area contributed by atoms with E-state index in [1.807, 2.05) is 69.2 Å². The van der Waals surface area contributed by atoms with Crippen LogP contribution in [0.4, 0.5) is 0 Å². The zero-order valence-corrected chi connectivity index (χ0v) is 18.8. The molecule has 0 aliphatic heterocycles. The van der Waals surface area contributed by atoms with Gasteiger partial charge in [-0.2, -0.15) is 0 Å². The zero-order chi connectivity index (χ0) is 21.1. The summed E-state index contributed by atoms with van der Waals surface area (Å²) in [6, 6.07) is 0. The van der Waals surface area contributed by atoms with Crippen molar-refractivity contribution in [2.75, 3.05) is 0 Å². The molecule has 0 aromatic carbocycles. The highest BCUT2D eigenvalue weighted by Gasteiger charge is 2.48. The Morgan fingerprint density at radius 3 is 1.69 bits per heavy atom. The lowest BCUT2D eigenvalue weighted by Crippen LogP contribution is -2.54. The molecule has 0 aliphatic rings. The molecule has 2 atom stereocenters. The normalized spacial score (nSPS) is 16.1. The number of rotatable bonds is 9. The first-order valence-corrected chi connectivity index (χ1v) is 9.42. The van der Waals surface area contributed by atoms with Gasteiger partial charge in [-0.05, 0) is 48.0 Å². The lowest BCUT2D eigenvalue weighted by molar-refractivity contribution is -0.180. The molecule has 0 radical (unpaired) electrons. The minimum Gasteiger partial charge on any atom is -0.365 e. The summed E-state index contributed by atoms with van der Waals surface area (Å²) in [5.74, 6) is -0.0364. The van der Waals surface area contributed by atoms with Crippen molar-refractivity contribution in [1.82, 2.24) is 0 Å². The van der Waals surface area contributed by atoms with Crippen LogP contribution in [0, 0.1) is 10.8 Å². The Morgan fingerprint density at radius 1 is 0.885 bits per heavy atom. The highest BCUT2D eigenvalue weighted by Crippen LogP contribution is 2.39. The van der Waals surface area contributed by atoms with Gasteiger partial charge < -0.3 is 9.47 Å². The van der Waals surface area contributed by atoms with E-state index in [0.717, 1.165) is 0 Å². The van der Waals surface area contributed by atoms with Crippen LogP contribution in [0.1, 0.15) is 82.6 Å². The topological polar surface area (TPSA) is 52.6 Å².